The smallest absolute Gasteiger partial charge is 0.158 e. The summed E-state index contributed by atoms with van der Waals surface area (Å²) in [5, 5.41) is 0. The number of hydrogen-bond donors (Lipinski definition) is 0. The molecule has 1 rings (SSSR count). The molecule has 0 N–H and O–H groups in total. The average molecular weight is 259 g/mol. The van der Waals surface area contributed by atoms with Gasteiger partial charge in [-0.25, -0.2) is 0 Å². The van der Waals surface area contributed by atoms with E-state index in [-0.39, 0.29) is 6.29 Å². The molecule has 0 aromatic carbocycles. The highest BCUT2D eigenvalue weighted by molar-refractivity contribution is 4.78. The third-order valence-electron chi connectivity index (χ3n) is 3.66. The molecule has 18 heavy (non-hydrogen) atoms. The fourth-order valence-corrected chi connectivity index (χ4v) is 2.48. The van der Waals surface area contributed by atoms with Crippen molar-refractivity contribution < 1.29 is 14.2 Å². The molecule has 1 aliphatic rings. The first kappa shape index (κ1) is 15.9. The van der Waals surface area contributed by atoms with Gasteiger partial charge in [-0.15, -0.1) is 0 Å². The van der Waals surface area contributed by atoms with Crippen molar-refractivity contribution >= 4 is 0 Å². The summed E-state index contributed by atoms with van der Waals surface area (Å²) in [6.45, 7) is 10.9. The monoisotopic (exact) mass is 259 g/mol. The van der Waals surface area contributed by atoms with E-state index in [9.17, 15) is 0 Å². The van der Waals surface area contributed by atoms with E-state index in [1.807, 2.05) is 21.0 Å². The first-order valence-electron chi connectivity index (χ1n) is 7.19. The molecule has 1 heterocycles. The minimum absolute atomic E-state index is 0.0552. The van der Waals surface area contributed by atoms with E-state index in [1.165, 1.54) is 6.42 Å². The summed E-state index contributed by atoms with van der Waals surface area (Å²) in [6.07, 6.45) is 2.47. The Morgan fingerprint density at radius 1 is 1.22 bits per heavy atom. The van der Waals surface area contributed by atoms with Gasteiger partial charge >= 0.3 is 0 Å². The van der Waals surface area contributed by atoms with E-state index in [0.29, 0.717) is 25.2 Å². The Balaban J connectivity index is 2.29. The zero-order valence-corrected chi connectivity index (χ0v) is 12.4. The van der Waals surface area contributed by atoms with Gasteiger partial charge in [0, 0.05) is 39.8 Å². The molecule has 0 saturated carbocycles. The molecule has 2 atom stereocenters. The number of hydrogen-bond acceptors (Lipinski definition) is 4. The van der Waals surface area contributed by atoms with Crippen LogP contribution in [0.15, 0.2) is 0 Å². The van der Waals surface area contributed by atoms with Crippen LogP contribution in [0.25, 0.3) is 0 Å². The summed E-state index contributed by atoms with van der Waals surface area (Å²) in [7, 11) is 1.81. The second-order valence-corrected chi connectivity index (χ2v) is 4.97. The normalized spacial score (nSPS) is 25.8. The molecule has 0 bridgehead atoms. The fraction of sp³-hybridized carbons (Fsp3) is 1.00. The van der Waals surface area contributed by atoms with Crippen molar-refractivity contribution in [3.63, 3.8) is 0 Å². The molecular formula is C14H29NO3. The van der Waals surface area contributed by atoms with Crippen LogP contribution in [-0.4, -0.2) is 57.3 Å². The fourth-order valence-electron chi connectivity index (χ4n) is 2.48. The van der Waals surface area contributed by atoms with Gasteiger partial charge in [0.1, 0.15) is 0 Å². The SMILES string of the molecule is CCOC(CCN1CCC(C)C(OC)C1)OCC. The summed E-state index contributed by atoms with van der Waals surface area (Å²) < 4.78 is 16.7. The van der Waals surface area contributed by atoms with E-state index < -0.39 is 0 Å². The molecule has 2 unspecified atom stereocenters. The maximum Gasteiger partial charge on any atom is 0.158 e. The van der Waals surface area contributed by atoms with Gasteiger partial charge < -0.3 is 19.1 Å². The number of ether oxygens (including phenoxy) is 3. The molecule has 108 valence electrons. The maximum absolute atomic E-state index is 5.57. The van der Waals surface area contributed by atoms with Crippen LogP contribution in [0, 0.1) is 5.92 Å². The molecule has 0 aliphatic carbocycles. The molecule has 1 fully saturated rings. The Morgan fingerprint density at radius 2 is 1.89 bits per heavy atom. The van der Waals surface area contributed by atoms with Crippen LogP contribution in [-0.2, 0) is 14.2 Å². The Bertz CT molecular complexity index is 207. The highest BCUT2D eigenvalue weighted by atomic mass is 16.7. The molecular weight excluding hydrogens is 230 g/mol. The molecule has 1 aliphatic heterocycles. The van der Waals surface area contributed by atoms with Crippen molar-refractivity contribution in [1.29, 1.82) is 0 Å². The molecule has 1 saturated heterocycles. The van der Waals surface area contributed by atoms with Crippen LogP contribution in [0.3, 0.4) is 0 Å². The molecule has 4 heteroatoms. The topological polar surface area (TPSA) is 30.9 Å². The van der Waals surface area contributed by atoms with Crippen LogP contribution in [0.1, 0.15) is 33.6 Å². The number of methoxy groups -OCH3 is 1. The summed E-state index contributed by atoms with van der Waals surface area (Å²) in [5.74, 6) is 0.667. The largest absolute Gasteiger partial charge is 0.380 e. The quantitative estimate of drug-likeness (QED) is 0.625. The molecule has 4 nitrogen and oxygen atoms in total. The van der Waals surface area contributed by atoms with Crippen LogP contribution < -0.4 is 0 Å². The van der Waals surface area contributed by atoms with E-state index in [2.05, 4.69) is 11.8 Å². The van der Waals surface area contributed by atoms with Crippen molar-refractivity contribution in [2.45, 2.75) is 46.0 Å². The van der Waals surface area contributed by atoms with Gasteiger partial charge in [-0.2, -0.15) is 0 Å². The van der Waals surface area contributed by atoms with Crippen LogP contribution in [0.2, 0.25) is 0 Å². The molecule has 0 radical (unpaired) electrons. The van der Waals surface area contributed by atoms with Gasteiger partial charge in [-0.05, 0) is 32.7 Å². The Labute approximate surface area is 112 Å². The van der Waals surface area contributed by atoms with Crippen LogP contribution >= 0.6 is 0 Å². The lowest BCUT2D eigenvalue weighted by molar-refractivity contribution is -0.143. The Hall–Kier alpha value is -0.160. The predicted molar refractivity (Wildman–Crippen MR) is 72.7 cm³/mol. The number of rotatable bonds is 8. The molecule has 0 amide bonds. The van der Waals surface area contributed by atoms with Gasteiger partial charge in [0.25, 0.3) is 0 Å². The van der Waals surface area contributed by atoms with Gasteiger partial charge in [0.2, 0.25) is 0 Å². The lowest BCUT2D eigenvalue weighted by Crippen LogP contribution is -2.44. The van der Waals surface area contributed by atoms with Crippen molar-refractivity contribution in [3.05, 3.63) is 0 Å². The lowest BCUT2D eigenvalue weighted by Gasteiger charge is -2.36. The van der Waals surface area contributed by atoms with Gasteiger partial charge in [-0.1, -0.05) is 6.92 Å². The van der Waals surface area contributed by atoms with E-state index in [1.54, 1.807) is 0 Å². The highest BCUT2D eigenvalue weighted by Crippen LogP contribution is 2.19. The summed E-state index contributed by atoms with van der Waals surface area (Å²) in [5.41, 5.74) is 0. The second-order valence-electron chi connectivity index (χ2n) is 4.97. The van der Waals surface area contributed by atoms with E-state index in [0.717, 1.165) is 26.1 Å². The second kappa shape index (κ2) is 8.86. The summed E-state index contributed by atoms with van der Waals surface area (Å²) in [6, 6.07) is 0. The Kier molecular flexibility index (Phi) is 7.82. The van der Waals surface area contributed by atoms with Crippen molar-refractivity contribution in [2.24, 2.45) is 5.92 Å². The Morgan fingerprint density at radius 3 is 2.44 bits per heavy atom. The standard InChI is InChI=1S/C14H29NO3/c1-5-17-14(18-6-2)8-10-15-9-7-12(3)13(11-15)16-4/h12-14H,5-11H2,1-4H3. The zero-order chi connectivity index (χ0) is 13.4. The van der Waals surface area contributed by atoms with Gasteiger partial charge in [0.15, 0.2) is 6.29 Å². The minimum atomic E-state index is -0.0552. The first-order valence-corrected chi connectivity index (χ1v) is 7.19. The maximum atomic E-state index is 5.57. The zero-order valence-electron chi connectivity index (χ0n) is 12.4. The third-order valence-corrected chi connectivity index (χ3v) is 3.66. The average Bonchev–Trinajstić information content (AvgIpc) is 2.38. The summed E-state index contributed by atoms with van der Waals surface area (Å²) >= 11 is 0. The lowest BCUT2D eigenvalue weighted by atomic mass is 9.96. The van der Waals surface area contributed by atoms with E-state index >= 15 is 0 Å². The van der Waals surface area contributed by atoms with Crippen LogP contribution in [0.4, 0.5) is 0 Å². The predicted octanol–water partition coefficient (Wildman–Crippen LogP) is 2.13. The minimum Gasteiger partial charge on any atom is -0.380 e. The third kappa shape index (κ3) is 5.22. The van der Waals surface area contributed by atoms with Crippen molar-refractivity contribution in [2.75, 3.05) is 40.0 Å². The van der Waals surface area contributed by atoms with Crippen LogP contribution in [0.5, 0.6) is 0 Å². The first-order chi connectivity index (χ1) is 8.71. The van der Waals surface area contributed by atoms with Crippen molar-refractivity contribution in [1.82, 2.24) is 4.90 Å². The van der Waals surface area contributed by atoms with E-state index in [4.69, 9.17) is 14.2 Å². The molecule has 0 aromatic heterocycles. The van der Waals surface area contributed by atoms with Crippen molar-refractivity contribution in [3.8, 4) is 0 Å². The van der Waals surface area contributed by atoms with Gasteiger partial charge in [-0.3, -0.25) is 0 Å². The number of likely N-dealkylation sites (tertiary alicyclic amines) is 1. The highest BCUT2D eigenvalue weighted by Gasteiger charge is 2.26. The number of piperidine rings is 1. The summed E-state index contributed by atoms with van der Waals surface area (Å²) in [4.78, 5) is 2.46. The molecule has 0 spiro atoms. The number of nitrogens with zero attached hydrogens (tertiary/aromatic N) is 1. The molecule has 0 aromatic rings. The van der Waals surface area contributed by atoms with Gasteiger partial charge in [0.05, 0.1) is 6.10 Å².